The summed E-state index contributed by atoms with van der Waals surface area (Å²) in [5, 5.41) is 2.22. The number of fused-ring (bicyclic) bond motifs is 1. The molecule has 1 atom stereocenters. The first kappa shape index (κ1) is 16.2. The Morgan fingerprint density at radius 1 is 1.29 bits per heavy atom. The minimum Gasteiger partial charge on any atom is -0.295 e. The third kappa shape index (κ3) is 2.68. The molecule has 0 aliphatic carbocycles. The number of benzene rings is 1. The third-order valence-corrected chi connectivity index (χ3v) is 4.67. The van der Waals surface area contributed by atoms with E-state index in [1.807, 2.05) is 0 Å². The Bertz CT molecular complexity index is 1040. The largest absolute Gasteiger partial charge is 0.332 e. The van der Waals surface area contributed by atoms with Crippen molar-refractivity contribution in [1.82, 2.24) is 14.9 Å². The lowest BCUT2D eigenvalue weighted by Crippen LogP contribution is -2.45. The van der Waals surface area contributed by atoms with Crippen molar-refractivity contribution in [2.24, 2.45) is 0 Å². The van der Waals surface area contributed by atoms with Gasteiger partial charge in [0.05, 0.1) is 10.9 Å². The van der Waals surface area contributed by atoms with Crippen molar-refractivity contribution in [3.63, 3.8) is 0 Å². The van der Waals surface area contributed by atoms with Crippen LogP contribution in [0.15, 0.2) is 27.9 Å². The van der Waals surface area contributed by atoms with Gasteiger partial charge < -0.3 is 0 Å². The molecular weight excluding hydrogens is 341 g/mol. The van der Waals surface area contributed by atoms with Crippen LogP contribution in [0.2, 0.25) is 0 Å². The number of aryl methyl sites for hydroxylation is 1. The molecule has 2 amide bonds. The van der Waals surface area contributed by atoms with Crippen LogP contribution in [0.3, 0.4) is 0 Å². The summed E-state index contributed by atoms with van der Waals surface area (Å²) >= 11 is 0. The van der Waals surface area contributed by atoms with E-state index in [9.17, 15) is 26.7 Å². The number of aromatic nitrogens is 2. The van der Waals surface area contributed by atoms with Gasteiger partial charge in [-0.3, -0.25) is 24.3 Å². The average Bonchev–Trinajstić information content (AvgIpc) is 2.47. The zero-order chi connectivity index (χ0) is 17.6. The van der Waals surface area contributed by atoms with E-state index in [-0.39, 0.29) is 29.6 Å². The molecule has 3 rings (SSSR count). The highest BCUT2D eigenvalue weighted by Crippen LogP contribution is 2.21. The Balaban J connectivity index is 2.20. The van der Waals surface area contributed by atoms with Gasteiger partial charge in [0.25, 0.3) is 5.56 Å². The predicted octanol–water partition coefficient (Wildman–Crippen LogP) is 0.341. The second kappa shape index (κ2) is 5.48. The van der Waals surface area contributed by atoms with Gasteiger partial charge in [-0.15, -0.1) is 3.89 Å². The molecule has 1 aromatic carbocycles. The van der Waals surface area contributed by atoms with Crippen LogP contribution >= 0.6 is 0 Å². The van der Waals surface area contributed by atoms with E-state index in [4.69, 9.17) is 0 Å². The van der Waals surface area contributed by atoms with E-state index >= 15 is 0 Å². The summed E-state index contributed by atoms with van der Waals surface area (Å²) in [6.45, 7) is 1.47. The molecule has 1 saturated heterocycles. The van der Waals surface area contributed by atoms with Gasteiger partial charge in [-0.05, 0) is 31.5 Å². The van der Waals surface area contributed by atoms with Crippen molar-refractivity contribution in [2.75, 3.05) is 0 Å². The van der Waals surface area contributed by atoms with Gasteiger partial charge in [0.15, 0.2) is 0 Å². The molecular formula is C14H12FN3O5S. The van der Waals surface area contributed by atoms with Crippen molar-refractivity contribution in [3.8, 4) is 0 Å². The van der Waals surface area contributed by atoms with Crippen LogP contribution in [0.1, 0.15) is 24.7 Å². The maximum atomic E-state index is 13.1. The summed E-state index contributed by atoms with van der Waals surface area (Å²) in [5.74, 6) is -0.843. The van der Waals surface area contributed by atoms with Crippen LogP contribution in [0.5, 0.6) is 0 Å². The number of rotatable bonds is 2. The minimum atomic E-state index is -4.92. The number of piperidine rings is 1. The highest BCUT2D eigenvalue weighted by atomic mass is 32.3. The van der Waals surface area contributed by atoms with Crippen LogP contribution in [-0.4, -0.2) is 29.8 Å². The van der Waals surface area contributed by atoms with E-state index in [1.54, 1.807) is 0 Å². The SMILES string of the molecule is Cc1nc2cc(S(=O)(=O)F)ccc2c(=O)n1C1CCC(=O)NC1=O. The van der Waals surface area contributed by atoms with E-state index in [2.05, 4.69) is 10.3 Å². The topological polar surface area (TPSA) is 115 Å². The number of nitrogens with zero attached hydrogens (tertiary/aromatic N) is 2. The van der Waals surface area contributed by atoms with Gasteiger partial charge in [0.1, 0.15) is 16.8 Å². The molecule has 0 saturated carbocycles. The fourth-order valence-corrected chi connectivity index (χ4v) is 3.22. The molecule has 1 N–H and O–H groups in total. The minimum absolute atomic E-state index is 0.0137. The average molecular weight is 353 g/mol. The summed E-state index contributed by atoms with van der Waals surface area (Å²) in [6, 6.07) is 2.20. The van der Waals surface area contributed by atoms with Crippen molar-refractivity contribution < 1.29 is 21.9 Å². The van der Waals surface area contributed by atoms with Gasteiger partial charge in [-0.2, -0.15) is 8.42 Å². The van der Waals surface area contributed by atoms with Crippen LogP contribution < -0.4 is 10.9 Å². The first-order chi connectivity index (χ1) is 11.2. The number of amides is 2. The van der Waals surface area contributed by atoms with Crippen LogP contribution in [0.25, 0.3) is 10.9 Å². The van der Waals surface area contributed by atoms with Crippen LogP contribution in [0, 0.1) is 6.92 Å². The molecule has 126 valence electrons. The van der Waals surface area contributed by atoms with Crippen molar-refractivity contribution in [2.45, 2.75) is 30.7 Å². The molecule has 1 aliphatic rings. The Kier molecular flexibility index (Phi) is 3.71. The zero-order valence-electron chi connectivity index (χ0n) is 12.4. The maximum Gasteiger partial charge on any atom is 0.332 e. The van der Waals surface area contributed by atoms with Crippen LogP contribution in [-0.2, 0) is 19.8 Å². The molecule has 10 heteroatoms. The third-order valence-electron chi connectivity index (χ3n) is 3.85. The normalized spacial score (nSPS) is 18.7. The fraction of sp³-hybridized carbons (Fsp3) is 0.286. The molecule has 24 heavy (non-hydrogen) atoms. The molecule has 1 aliphatic heterocycles. The van der Waals surface area contributed by atoms with Crippen molar-refractivity contribution in [3.05, 3.63) is 34.4 Å². The number of carbonyl (C=O) groups excluding carboxylic acids is 2. The van der Waals surface area contributed by atoms with E-state index in [0.717, 1.165) is 22.8 Å². The molecule has 0 bridgehead atoms. The van der Waals surface area contributed by atoms with Gasteiger partial charge in [-0.1, -0.05) is 0 Å². The predicted molar refractivity (Wildman–Crippen MR) is 80.5 cm³/mol. The Morgan fingerprint density at radius 3 is 2.62 bits per heavy atom. The Hall–Kier alpha value is -2.62. The van der Waals surface area contributed by atoms with Gasteiger partial charge in [-0.25, -0.2) is 4.98 Å². The summed E-state index contributed by atoms with van der Waals surface area (Å²) in [4.78, 5) is 39.4. The lowest BCUT2D eigenvalue weighted by molar-refractivity contribution is -0.135. The maximum absolute atomic E-state index is 13.1. The van der Waals surface area contributed by atoms with Gasteiger partial charge in [0, 0.05) is 6.42 Å². The van der Waals surface area contributed by atoms with Gasteiger partial charge in [0.2, 0.25) is 11.8 Å². The number of nitrogens with one attached hydrogen (secondary N) is 1. The monoisotopic (exact) mass is 353 g/mol. The summed E-state index contributed by atoms with van der Waals surface area (Å²) in [5.41, 5.74) is -0.547. The molecule has 1 aromatic heterocycles. The summed E-state index contributed by atoms with van der Waals surface area (Å²) < 4.78 is 36.2. The second-order valence-corrected chi connectivity index (χ2v) is 6.76. The standard InChI is InChI=1S/C14H12FN3O5S/c1-7-16-10-6-8(24(15,22)23)2-3-9(10)14(21)18(7)11-4-5-12(19)17-13(11)20/h2-3,6,11H,4-5H2,1H3,(H,17,19,20). The molecule has 8 nitrogen and oxygen atoms in total. The van der Waals surface area contributed by atoms with E-state index in [1.165, 1.54) is 6.92 Å². The molecule has 1 unspecified atom stereocenters. The highest BCUT2D eigenvalue weighted by Gasteiger charge is 2.30. The zero-order valence-corrected chi connectivity index (χ0v) is 13.3. The van der Waals surface area contributed by atoms with E-state index < -0.39 is 38.5 Å². The van der Waals surface area contributed by atoms with Crippen LogP contribution in [0.4, 0.5) is 3.89 Å². The molecule has 2 heterocycles. The first-order valence-electron chi connectivity index (χ1n) is 7.00. The number of carbonyl (C=O) groups is 2. The second-order valence-electron chi connectivity index (χ2n) is 5.42. The molecule has 1 fully saturated rings. The Morgan fingerprint density at radius 2 is 2.00 bits per heavy atom. The van der Waals surface area contributed by atoms with E-state index in [0.29, 0.717) is 0 Å². The summed E-state index contributed by atoms with van der Waals surface area (Å²) in [6.07, 6.45) is 0.259. The lowest BCUT2D eigenvalue weighted by Gasteiger charge is -2.24. The smallest absolute Gasteiger partial charge is 0.295 e. The molecule has 2 aromatic rings. The number of halogens is 1. The quantitative estimate of drug-likeness (QED) is 0.615. The first-order valence-corrected chi connectivity index (χ1v) is 8.38. The highest BCUT2D eigenvalue weighted by molar-refractivity contribution is 7.86. The van der Waals surface area contributed by atoms with Crippen molar-refractivity contribution in [1.29, 1.82) is 0 Å². The lowest BCUT2D eigenvalue weighted by atomic mass is 10.1. The Labute approximate surface area is 135 Å². The van der Waals surface area contributed by atoms with Crippen molar-refractivity contribution >= 4 is 32.9 Å². The molecule has 0 spiro atoms. The summed E-state index contributed by atoms with van der Waals surface area (Å²) in [7, 11) is -4.92. The number of hydrogen-bond donors (Lipinski definition) is 1. The fourth-order valence-electron chi connectivity index (χ4n) is 2.74. The number of hydrogen-bond acceptors (Lipinski definition) is 6. The molecule has 0 radical (unpaired) electrons. The number of imide groups is 1. The van der Waals surface area contributed by atoms with Gasteiger partial charge >= 0.3 is 10.2 Å².